The lowest BCUT2D eigenvalue weighted by Crippen LogP contribution is -2.24. The number of hydrogen-bond donors (Lipinski definition) is 1. The van der Waals surface area contributed by atoms with Crippen molar-refractivity contribution >= 4 is 5.69 Å². The lowest BCUT2D eigenvalue weighted by atomic mass is 10.0. The lowest BCUT2D eigenvalue weighted by Gasteiger charge is -2.25. The van der Waals surface area contributed by atoms with E-state index in [0.29, 0.717) is 11.8 Å². The van der Waals surface area contributed by atoms with Crippen LogP contribution in [0.25, 0.3) is 0 Å². The summed E-state index contributed by atoms with van der Waals surface area (Å²) in [5.41, 5.74) is 2.98. The molecule has 0 amide bonds. The van der Waals surface area contributed by atoms with Crippen molar-refractivity contribution in [2.45, 2.75) is 33.7 Å². The summed E-state index contributed by atoms with van der Waals surface area (Å²) in [5.74, 6) is 1.28. The fraction of sp³-hybridized carbons (Fsp3) is 0.625. The van der Waals surface area contributed by atoms with Crippen LogP contribution >= 0.6 is 0 Å². The monoisotopic (exact) mass is 264 g/mol. The van der Waals surface area contributed by atoms with Crippen molar-refractivity contribution in [2.24, 2.45) is 11.8 Å². The summed E-state index contributed by atoms with van der Waals surface area (Å²) in [6, 6.07) is 3.86. The van der Waals surface area contributed by atoms with Crippen LogP contribution in [0.5, 0.6) is 0 Å². The molecule has 1 fully saturated rings. The van der Waals surface area contributed by atoms with E-state index in [1.807, 2.05) is 20.0 Å². The molecule has 1 saturated heterocycles. The third-order valence-corrected chi connectivity index (χ3v) is 4.54. The van der Waals surface area contributed by atoms with E-state index in [2.05, 4.69) is 31.0 Å². The van der Waals surface area contributed by atoms with Crippen molar-refractivity contribution in [1.82, 2.24) is 5.32 Å². The molecule has 1 aliphatic rings. The molecule has 0 radical (unpaired) electrons. The van der Waals surface area contributed by atoms with E-state index in [1.165, 1.54) is 5.69 Å². The lowest BCUT2D eigenvalue weighted by molar-refractivity contribution is 0.494. The second-order valence-electron chi connectivity index (χ2n) is 6.03. The van der Waals surface area contributed by atoms with Gasteiger partial charge >= 0.3 is 0 Å². The molecule has 3 atom stereocenters. The van der Waals surface area contributed by atoms with Gasteiger partial charge in [0.2, 0.25) is 0 Å². The van der Waals surface area contributed by atoms with Crippen molar-refractivity contribution in [3.05, 3.63) is 29.1 Å². The Bertz CT molecular complexity index is 448. The molecule has 106 valence electrons. The Kier molecular flexibility index (Phi) is 4.14. The van der Waals surface area contributed by atoms with Gasteiger partial charge in [0.25, 0.3) is 0 Å². The van der Waals surface area contributed by atoms with Gasteiger partial charge in [0.1, 0.15) is 5.82 Å². The number of nitrogens with one attached hydrogen (secondary N) is 1. The highest BCUT2D eigenvalue weighted by Crippen LogP contribution is 2.34. The molecule has 1 aromatic carbocycles. The normalized spacial score (nSPS) is 24.8. The quantitative estimate of drug-likeness (QED) is 0.899. The van der Waals surface area contributed by atoms with Crippen LogP contribution in [-0.4, -0.2) is 20.1 Å². The summed E-state index contributed by atoms with van der Waals surface area (Å²) in [6.45, 7) is 10.6. The standard InChI is InChI=1S/C16H25FN2/c1-10-6-16(19-8-11(2)12(3)9-19)14(7-15(10)17)13(4)18-5/h6-7,11-13,18H,8-9H2,1-5H3. The molecule has 2 nitrogen and oxygen atoms in total. The maximum atomic E-state index is 13.8. The van der Waals surface area contributed by atoms with Crippen LogP contribution in [-0.2, 0) is 0 Å². The molecule has 0 spiro atoms. The summed E-state index contributed by atoms with van der Waals surface area (Å²) in [7, 11) is 1.92. The number of hydrogen-bond acceptors (Lipinski definition) is 2. The number of nitrogens with zero attached hydrogens (tertiary/aromatic N) is 1. The summed E-state index contributed by atoms with van der Waals surface area (Å²) in [4.78, 5) is 2.41. The highest BCUT2D eigenvalue weighted by molar-refractivity contribution is 5.58. The first-order chi connectivity index (χ1) is 8.93. The molecule has 2 rings (SSSR count). The Hall–Kier alpha value is -1.09. The molecule has 1 N–H and O–H groups in total. The average molecular weight is 264 g/mol. The molecule has 1 aromatic rings. The van der Waals surface area contributed by atoms with Crippen LogP contribution in [0.1, 0.15) is 37.9 Å². The molecule has 3 heteroatoms. The van der Waals surface area contributed by atoms with Gasteiger partial charge < -0.3 is 10.2 Å². The van der Waals surface area contributed by atoms with E-state index < -0.39 is 0 Å². The van der Waals surface area contributed by atoms with Crippen LogP contribution in [0.4, 0.5) is 10.1 Å². The van der Waals surface area contributed by atoms with E-state index in [1.54, 1.807) is 6.07 Å². The van der Waals surface area contributed by atoms with E-state index in [-0.39, 0.29) is 11.9 Å². The number of rotatable bonds is 3. The highest BCUT2D eigenvalue weighted by Gasteiger charge is 2.28. The minimum atomic E-state index is -0.110. The Morgan fingerprint density at radius 3 is 2.37 bits per heavy atom. The van der Waals surface area contributed by atoms with Crippen molar-refractivity contribution in [3.8, 4) is 0 Å². The number of benzene rings is 1. The second kappa shape index (κ2) is 5.49. The maximum Gasteiger partial charge on any atom is 0.126 e. The fourth-order valence-corrected chi connectivity index (χ4v) is 2.78. The molecule has 3 unspecified atom stereocenters. The first kappa shape index (κ1) is 14.3. The third kappa shape index (κ3) is 2.76. The Labute approximate surface area is 116 Å². The number of aryl methyl sites for hydroxylation is 1. The van der Waals surface area contributed by atoms with Crippen molar-refractivity contribution in [3.63, 3.8) is 0 Å². The van der Waals surface area contributed by atoms with Gasteiger partial charge in [0.05, 0.1) is 0 Å². The Morgan fingerprint density at radius 1 is 1.26 bits per heavy atom. The van der Waals surface area contributed by atoms with Gasteiger partial charge in [-0.2, -0.15) is 0 Å². The van der Waals surface area contributed by atoms with Gasteiger partial charge in [0.15, 0.2) is 0 Å². The van der Waals surface area contributed by atoms with Gasteiger partial charge in [-0.3, -0.25) is 0 Å². The third-order valence-electron chi connectivity index (χ3n) is 4.54. The Morgan fingerprint density at radius 2 is 1.84 bits per heavy atom. The van der Waals surface area contributed by atoms with Crippen molar-refractivity contribution in [1.29, 1.82) is 0 Å². The first-order valence-electron chi connectivity index (χ1n) is 7.16. The molecule has 0 bridgehead atoms. The van der Waals surface area contributed by atoms with Crippen LogP contribution in [0.2, 0.25) is 0 Å². The second-order valence-corrected chi connectivity index (χ2v) is 6.03. The molecular formula is C16H25FN2. The number of halogens is 1. The SMILES string of the molecule is CNC(C)c1cc(F)c(C)cc1N1CC(C)C(C)C1. The summed E-state index contributed by atoms with van der Waals surface area (Å²) in [6.07, 6.45) is 0. The smallest absolute Gasteiger partial charge is 0.126 e. The first-order valence-corrected chi connectivity index (χ1v) is 7.16. The van der Waals surface area contributed by atoms with Crippen molar-refractivity contribution in [2.75, 3.05) is 25.0 Å². The summed E-state index contributed by atoms with van der Waals surface area (Å²) >= 11 is 0. The zero-order valence-corrected chi connectivity index (χ0v) is 12.6. The predicted molar refractivity (Wildman–Crippen MR) is 79.2 cm³/mol. The van der Waals surface area contributed by atoms with E-state index >= 15 is 0 Å². The van der Waals surface area contributed by atoms with E-state index in [9.17, 15) is 4.39 Å². The minimum Gasteiger partial charge on any atom is -0.371 e. The largest absolute Gasteiger partial charge is 0.371 e. The Balaban J connectivity index is 2.41. The maximum absolute atomic E-state index is 13.8. The summed E-state index contributed by atoms with van der Waals surface area (Å²) < 4.78 is 13.8. The van der Waals surface area contributed by atoms with Gasteiger partial charge in [-0.05, 0) is 56.0 Å². The van der Waals surface area contributed by atoms with E-state index in [0.717, 1.165) is 24.2 Å². The average Bonchev–Trinajstić information content (AvgIpc) is 2.71. The zero-order valence-electron chi connectivity index (χ0n) is 12.6. The van der Waals surface area contributed by atoms with Gasteiger partial charge in [-0.1, -0.05) is 13.8 Å². The molecule has 1 aliphatic heterocycles. The van der Waals surface area contributed by atoms with Gasteiger partial charge in [-0.15, -0.1) is 0 Å². The minimum absolute atomic E-state index is 0.110. The van der Waals surface area contributed by atoms with Crippen molar-refractivity contribution < 1.29 is 4.39 Å². The topological polar surface area (TPSA) is 15.3 Å². The molecule has 19 heavy (non-hydrogen) atoms. The predicted octanol–water partition coefficient (Wildman–Crippen LogP) is 3.51. The fourth-order valence-electron chi connectivity index (χ4n) is 2.78. The van der Waals surface area contributed by atoms with Gasteiger partial charge in [0, 0.05) is 24.8 Å². The molecule has 1 heterocycles. The highest BCUT2D eigenvalue weighted by atomic mass is 19.1. The van der Waals surface area contributed by atoms with Crippen LogP contribution < -0.4 is 10.2 Å². The van der Waals surface area contributed by atoms with E-state index in [4.69, 9.17) is 0 Å². The summed E-state index contributed by atoms with van der Waals surface area (Å²) in [5, 5.41) is 3.22. The molecule has 0 saturated carbocycles. The van der Waals surface area contributed by atoms with Gasteiger partial charge in [-0.25, -0.2) is 4.39 Å². The number of anilines is 1. The zero-order chi connectivity index (χ0) is 14.2. The van der Waals surface area contributed by atoms with Crippen LogP contribution in [0.15, 0.2) is 12.1 Å². The molecular weight excluding hydrogens is 239 g/mol. The molecule has 0 aromatic heterocycles. The molecule has 0 aliphatic carbocycles. The van der Waals surface area contributed by atoms with Crippen LogP contribution in [0.3, 0.4) is 0 Å². The van der Waals surface area contributed by atoms with Crippen LogP contribution in [0, 0.1) is 24.6 Å².